The molecule has 3 nitrogen and oxygen atoms in total. The third-order valence-corrected chi connectivity index (χ3v) is 1.91. The zero-order valence-corrected chi connectivity index (χ0v) is 7.66. The van der Waals surface area contributed by atoms with Crippen molar-refractivity contribution in [2.75, 3.05) is 0 Å². The van der Waals surface area contributed by atoms with Gasteiger partial charge in [0.2, 0.25) is 0 Å². The Morgan fingerprint density at radius 2 is 2.33 bits per heavy atom. The predicted octanol–water partition coefficient (Wildman–Crippen LogP) is 1.53. The summed E-state index contributed by atoms with van der Waals surface area (Å²) in [5.41, 5.74) is 6.58. The molecule has 1 heterocycles. The third-order valence-electron chi connectivity index (χ3n) is 1.91. The van der Waals surface area contributed by atoms with Crippen molar-refractivity contribution in [1.29, 1.82) is 0 Å². The largest absolute Gasteiger partial charge is 0.326 e. The molecule has 1 aromatic heterocycles. The first-order valence-corrected chi connectivity index (χ1v) is 4.58. The Labute approximate surface area is 73.6 Å². The fourth-order valence-corrected chi connectivity index (χ4v) is 1.16. The van der Waals surface area contributed by atoms with Gasteiger partial charge in [0.05, 0.1) is 6.20 Å². The standard InChI is InChI=1S/C9H17N3/c1-2-3-4-5-12-8-9(6-10)7-11-12/h7-8H,2-6,10H2,1H3. The van der Waals surface area contributed by atoms with Crippen molar-refractivity contribution in [2.24, 2.45) is 5.73 Å². The monoisotopic (exact) mass is 167 g/mol. The molecular formula is C9H17N3. The van der Waals surface area contributed by atoms with E-state index in [4.69, 9.17) is 5.73 Å². The van der Waals surface area contributed by atoms with E-state index in [0.717, 1.165) is 12.1 Å². The molecule has 0 bridgehead atoms. The molecule has 0 fully saturated rings. The number of nitrogens with two attached hydrogens (primary N) is 1. The lowest BCUT2D eigenvalue weighted by Gasteiger charge is -1.98. The zero-order chi connectivity index (χ0) is 8.81. The van der Waals surface area contributed by atoms with E-state index in [-0.39, 0.29) is 0 Å². The molecule has 0 saturated heterocycles. The molecule has 1 rings (SSSR count). The smallest absolute Gasteiger partial charge is 0.0534 e. The van der Waals surface area contributed by atoms with Crippen LogP contribution in [0.5, 0.6) is 0 Å². The topological polar surface area (TPSA) is 43.8 Å². The van der Waals surface area contributed by atoms with Crippen LogP contribution in [0.3, 0.4) is 0 Å². The molecule has 0 unspecified atom stereocenters. The number of unbranched alkanes of at least 4 members (excludes halogenated alkanes) is 2. The lowest BCUT2D eigenvalue weighted by atomic mass is 10.2. The summed E-state index contributed by atoms with van der Waals surface area (Å²) in [6.07, 6.45) is 7.60. The average molecular weight is 167 g/mol. The summed E-state index contributed by atoms with van der Waals surface area (Å²) < 4.78 is 1.97. The Morgan fingerprint density at radius 3 is 2.92 bits per heavy atom. The predicted molar refractivity (Wildman–Crippen MR) is 49.6 cm³/mol. The van der Waals surface area contributed by atoms with Crippen LogP contribution >= 0.6 is 0 Å². The quantitative estimate of drug-likeness (QED) is 0.676. The Balaban J connectivity index is 2.31. The maximum absolute atomic E-state index is 5.46. The van der Waals surface area contributed by atoms with E-state index < -0.39 is 0 Å². The number of rotatable bonds is 5. The van der Waals surface area contributed by atoms with Crippen LogP contribution in [0.15, 0.2) is 12.4 Å². The van der Waals surface area contributed by atoms with Gasteiger partial charge in [0, 0.05) is 24.8 Å². The molecular weight excluding hydrogens is 150 g/mol. The van der Waals surface area contributed by atoms with Gasteiger partial charge in [-0.05, 0) is 6.42 Å². The Hall–Kier alpha value is -0.830. The van der Waals surface area contributed by atoms with Crippen LogP contribution in [0.2, 0.25) is 0 Å². The van der Waals surface area contributed by atoms with Crippen LogP contribution in [-0.2, 0) is 13.1 Å². The number of nitrogens with zero attached hydrogens (tertiary/aromatic N) is 2. The molecule has 0 aliphatic carbocycles. The SMILES string of the molecule is CCCCCn1cc(CN)cn1. The summed E-state index contributed by atoms with van der Waals surface area (Å²) >= 11 is 0. The molecule has 0 aromatic carbocycles. The van der Waals surface area contributed by atoms with Crippen molar-refractivity contribution in [3.63, 3.8) is 0 Å². The van der Waals surface area contributed by atoms with Gasteiger partial charge in [0.1, 0.15) is 0 Å². The van der Waals surface area contributed by atoms with Crippen LogP contribution in [-0.4, -0.2) is 9.78 Å². The van der Waals surface area contributed by atoms with E-state index in [9.17, 15) is 0 Å². The highest BCUT2D eigenvalue weighted by atomic mass is 15.3. The minimum Gasteiger partial charge on any atom is -0.326 e. The van der Waals surface area contributed by atoms with Crippen molar-refractivity contribution in [3.05, 3.63) is 18.0 Å². The summed E-state index contributed by atoms with van der Waals surface area (Å²) in [4.78, 5) is 0. The van der Waals surface area contributed by atoms with Gasteiger partial charge < -0.3 is 5.73 Å². The molecule has 0 amide bonds. The van der Waals surface area contributed by atoms with Gasteiger partial charge in [-0.3, -0.25) is 4.68 Å². The van der Waals surface area contributed by atoms with E-state index in [1.807, 2.05) is 17.1 Å². The van der Waals surface area contributed by atoms with Crippen LogP contribution in [0.4, 0.5) is 0 Å². The van der Waals surface area contributed by atoms with Crippen molar-refractivity contribution in [3.8, 4) is 0 Å². The molecule has 0 aliphatic heterocycles. The Kier molecular flexibility index (Phi) is 3.80. The van der Waals surface area contributed by atoms with Gasteiger partial charge >= 0.3 is 0 Å². The highest BCUT2D eigenvalue weighted by Gasteiger charge is 1.94. The van der Waals surface area contributed by atoms with Crippen LogP contribution in [0, 0.1) is 0 Å². The van der Waals surface area contributed by atoms with Crippen LogP contribution in [0.1, 0.15) is 31.7 Å². The average Bonchev–Trinajstić information content (AvgIpc) is 2.53. The Bertz CT molecular complexity index is 217. The minimum absolute atomic E-state index is 0.591. The number of hydrogen-bond acceptors (Lipinski definition) is 2. The summed E-state index contributed by atoms with van der Waals surface area (Å²) in [7, 11) is 0. The molecule has 1 aromatic rings. The maximum Gasteiger partial charge on any atom is 0.0534 e. The van der Waals surface area contributed by atoms with E-state index in [0.29, 0.717) is 6.54 Å². The summed E-state index contributed by atoms with van der Waals surface area (Å²) in [5, 5.41) is 4.20. The van der Waals surface area contributed by atoms with Crippen LogP contribution in [0.25, 0.3) is 0 Å². The maximum atomic E-state index is 5.46. The summed E-state index contributed by atoms with van der Waals surface area (Å²) in [6.45, 7) is 3.82. The van der Waals surface area contributed by atoms with Gasteiger partial charge in [-0.15, -0.1) is 0 Å². The molecule has 0 saturated carbocycles. The van der Waals surface area contributed by atoms with Crippen molar-refractivity contribution in [2.45, 2.75) is 39.3 Å². The number of aryl methyl sites for hydroxylation is 1. The second-order valence-electron chi connectivity index (χ2n) is 3.02. The number of hydrogen-bond donors (Lipinski definition) is 1. The van der Waals surface area contributed by atoms with Crippen LogP contribution < -0.4 is 5.73 Å². The Morgan fingerprint density at radius 1 is 1.50 bits per heavy atom. The molecule has 12 heavy (non-hydrogen) atoms. The lowest BCUT2D eigenvalue weighted by molar-refractivity contribution is 0.553. The van der Waals surface area contributed by atoms with Crippen molar-refractivity contribution < 1.29 is 0 Å². The fourth-order valence-electron chi connectivity index (χ4n) is 1.16. The van der Waals surface area contributed by atoms with Gasteiger partial charge in [-0.25, -0.2) is 0 Å². The van der Waals surface area contributed by atoms with Gasteiger partial charge in [0.15, 0.2) is 0 Å². The zero-order valence-electron chi connectivity index (χ0n) is 7.66. The van der Waals surface area contributed by atoms with Crippen molar-refractivity contribution in [1.82, 2.24) is 9.78 Å². The number of aromatic nitrogens is 2. The molecule has 0 atom stereocenters. The molecule has 3 heteroatoms. The van der Waals surface area contributed by atoms with Gasteiger partial charge in [-0.1, -0.05) is 19.8 Å². The first kappa shape index (κ1) is 9.26. The normalized spacial score (nSPS) is 10.5. The highest BCUT2D eigenvalue weighted by molar-refractivity contribution is 5.02. The highest BCUT2D eigenvalue weighted by Crippen LogP contribution is 2.00. The van der Waals surface area contributed by atoms with Crippen molar-refractivity contribution >= 4 is 0 Å². The molecule has 0 radical (unpaired) electrons. The van der Waals surface area contributed by atoms with E-state index in [1.165, 1.54) is 19.3 Å². The van der Waals surface area contributed by atoms with E-state index in [1.54, 1.807) is 0 Å². The first-order chi connectivity index (χ1) is 5.86. The first-order valence-electron chi connectivity index (χ1n) is 4.58. The lowest BCUT2D eigenvalue weighted by Crippen LogP contribution is -1.98. The third kappa shape index (κ3) is 2.66. The van der Waals surface area contributed by atoms with Gasteiger partial charge in [0.25, 0.3) is 0 Å². The van der Waals surface area contributed by atoms with Gasteiger partial charge in [-0.2, -0.15) is 5.10 Å². The fraction of sp³-hybridized carbons (Fsp3) is 0.667. The summed E-state index contributed by atoms with van der Waals surface area (Å²) in [6, 6.07) is 0. The molecule has 0 spiro atoms. The molecule has 2 N–H and O–H groups in total. The molecule has 68 valence electrons. The van der Waals surface area contributed by atoms with E-state index >= 15 is 0 Å². The molecule has 0 aliphatic rings. The minimum atomic E-state index is 0.591. The van der Waals surface area contributed by atoms with E-state index in [2.05, 4.69) is 12.0 Å². The summed E-state index contributed by atoms with van der Waals surface area (Å²) in [5.74, 6) is 0. The second-order valence-corrected chi connectivity index (χ2v) is 3.02. The second kappa shape index (κ2) is 4.93.